The number of nitrogens with one attached hydrogen (secondary N) is 1. The minimum absolute atomic E-state index is 0.747. The van der Waals surface area contributed by atoms with Gasteiger partial charge in [-0.1, -0.05) is 22.4 Å². The van der Waals surface area contributed by atoms with Gasteiger partial charge in [0, 0.05) is 16.3 Å². The molecule has 1 saturated heterocycles. The smallest absolute Gasteiger partial charge is 0.0575 e. The van der Waals surface area contributed by atoms with Crippen LogP contribution in [0.25, 0.3) is 0 Å². The third-order valence-electron chi connectivity index (χ3n) is 2.81. The quantitative estimate of drug-likeness (QED) is 0.836. The van der Waals surface area contributed by atoms with Gasteiger partial charge in [0.15, 0.2) is 0 Å². The van der Waals surface area contributed by atoms with E-state index in [-0.39, 0.29) is 0 Å². The predicted octanol–water partition coefficient (Wildman–Crippen LogP) is 3.73. The Morgan fingerprint density at radius 1 is 1.44 bits per heavy atom. The van der Waals surface area contributed by atoms with Crippen LogP contribution >= 0.6 is 27.7 Å². The number of anilines is 2. The maximum absolute atomic E-state index is 5.94. The van der Waals surface area contributed by atoms with Gasteiger partial charge >= 0.3 is 0 Å². The maximum Gasteiger partial charge on any atom is 0.0575 e. The molecular weight excluding hydrogens is 284 g/mol. The van der Waals surface area contributed by atoms with Crippen LogP contribution in [-0.2, 0) is 0 Å². The van der Waals surface area contributed by atoms with Crippen LogP contribution in [-0.4, -0.2) is 17.5 Å². The van der Waals surface area contributed by atoms with Crippen molar-refractivity contribution in [2.45, 2.75) is 24.5 Å². The Labute approximate surface area is 109 Å². The molecule has 1 unspecified atom stereocenters. The lowest BCUT2D eigenvalue weighted by molar-refractivity contribution is 0.677. The van der Waals surface area contributed by atoms with Crippen LogP contribution in [0.3, 0.4) is 0 Å². The fourth-order valence-electron chi connectivity index (χ4n) is 1.89. The van der Waals surface area contributed by atoms with Gasteiger partial charge in [0.1, 0.15) is 0 Å². The van der Waals surface area contributed by atoms with Crippen molar-refractivity contribution in [2.24, 2.45) is 0 Å². The molecule has 0 aromatic heterocycles. The maximum atomic E-state index is 5.94. The van der Waals surface area contributed by atoms with Crippen molar-refractivity contribution in [1.29, 1.82) is 0 Å². The van der Waals surface area contributed by atoms with Gasteiger partial charge in [-0.3, -0.25) is 0 Å². The van der Waals surface area contributed by atoms with Crippen molar-refractivity contribution < 1.29 is 0 Å². The summed E-state index contributed by atoms with van der Waals surface area (Å²) in [7, 11) is 0. The van der Waals surface area contributed by atoms with E-state index >= 15 is 0 Å². The van der Waals surface area contributed by atoms with Gasteiger partial charge in [-0.15, -0.1) is 0 Å². The summed E-state index contributed by atoms with van der Waals surface area (Å²) in [5.74, 6) is 1.31. The Morgan fingerprint density at radius 2 is 2.31 bits per heavy atom. The van der Waals surface area contributed by atoms with Gasteiger partial charge in [-0.2, -0.15) is 11.8 Å². The minimum Gasteiger partial charge on any atom is -0.397 e. The highest BCUT2D eigenvalue weighted by molar-refractivity contribution is 9.10. The van der Waals surface area contributed by atoms with Crippen molar-refractivity contribution in [1.82, 2.24) is 0 Å². The first-order chi connectivity index (χ1) is 7.75. The number of halogens is 1. The zero-order valence-electron chi connectivity index (χ0n) is 9.21. The van der Waals surface area contributed by atoms with Crippen molar-refractivity contribution >= 4 is 39.1 Å². The number of rotatable bonds is 3. The molecule has 88 valence electrons. The van der Waals surface area contributed by atoms with Gasteiger partial charge in [-0.05, 0) is 36.8 Å². The first-order valence-corrected chi connectivity index (χ1v) is 7.50. The zero-order valence-corrected chi connectivity index (χ0v) is 11.6. The Bertz CT molecular complexity index is 351. The Hall–Kier alpha value is -0.350. The van der Waals surface area contributed by atoms with E-state index in [9.17, 15) is 0 Å². The number of hydrogen-bond acceptors (Lipinski definition) is 3. The van der Waals surface area contributed by atoms with Gasteiger partial charge in [0.05, 0.1) is 11.4 Å². The van der Waals surface area contributed by atoms with Crippen LogP contribution < -0.4 is 11.1 Å². The lowest BCUT2D eigenvalue weighted by Gasteiger charge is -2.22. The van der Waals surface area contributed by atoms with Crippen LogP contribution in [0.4, 0.5) is 11.4 Å². The SMILES string of the molecule is Nc1cc(Br)ccc1NCC1CCCCS1. The molecule has 2 nitrogen and oxygen atoms in total. The lowest BCUT2D eigenvalue weighted by atomic mass is 10.2. The number of thioether (sulfide) groups is 1. The van der Waals surface area contributed by atoms with E-state index < -0.39 is 0 Å². The lowest BCUT2D eigenvalue weighted by Crippen LogP contribution is -2.20. The number of nitrogens with two attached hydrogens (primary N) is 1. The van der Waals surface area contributed by atoms with Gasteiger partial charge < -0.3 is 11.1 Å². The van der Waals surface area contributed by atoms with Gasteiger partial charge in [0.25, 0.3) is 0 Å². The zero-order chi connectivity index (χ0) is 11.4. The second-order valence-corrected chi connectivity index (χ2v) is 6.42. The Balaban J connectivity index is 1.88. The molecule has 0 aliphatic carbocycles. The van der Waals surface area contributed by atoms with Gasteiger partial charge in [-0.25, -0.2) is 0 Å². The Morgan fingerprint density at radius 3 is 3.00 bits per heavy atom. The molecule has 0 spiro atoms. The summed E-state index contributed by atoms with van der Waals surface area (Å²) in [5, 5.41) is 4.19. The van der Waals surface area contributed by atoms with E-state index in [1.54, 1.807) is 0 Å². The van der Waals surface area contributed by atoms with E-state index in [0.717, 1.165) is 27.6 Å². The summed E-state index contributed by atoms with van der Waals surface area (Å²) in [5.41, 5.74) is 7.80. The highest BCUT2D eigenvalue weighted by Gasteiger charge is 2.13. The first-order valence-electron chi connectivity index (χ1n) is 5.66. The number of nitrogen functional groups attached to an aromatic ring is 1. The summed E-state index contributed by atoms with van der Waals surface area (Å²) in [6.45, 7) is 1.02. The summed E-state index contributed by atoms with van der Waals surface area (Å²) in [6.07, 6.45) is 4.07. The normalized spacial score (nSPS) is 20.7. The summed E-state index contributed by atoms with van der Waals surface area (Å²) < 4.78 is 1.03. The third-order valence-corrected chi connectivity index (χ3v) is 4.70. The van der Waals surface area contributed by atoms with Crippen molar-refractivity contribution in [3.05, 3.63) is 22.7 Å². The number of benzene rings is 1. The van der Waals surface area contributed by atoms with Crippen LogP contribution in [0.1, 0.15) is 19.3 Å². The summed E-state index contributed by atoms with van der Waals surface area (Å²) in [4.78, 5) is 0. The fraction of sp³-hybridized carbons (Fsp3) is 0.500. The van der Waals surface area contributed by atoms with E-state index in [4.69, 9.17) is 5.73 Å². The van der Waals surface area contributed by atoms with Gasteiger partial charge in [0.2, 0.25) is 0 Å². The monoisotopic (exact) mass is 300 g/mol. The van der Waals surface area contributed by atoms with Crippen LogP contribution in [0.15, 0.2) is 22.7 Å². The molecule has 0 saturated carbocycles. The van der Waals surface area contributed by atoms with E-state index in [2.05, 4.69) is 33.0 Å². The highest BCUT2D eigenvalue weighted by Crippen LogP contribution is 2.27. The highest BCUT2D eigenvalue weighted by atomic mass is 79.9. The van der Waals surface area contributed by atoms with Crippen LogP contribution in [0, 0.1) is 0 Å². The molecule has 3 N–H and O–H groups in total. The molecule has 1 aromatic rings. The van der Waals surface area contributed by atoms with Crippen molar-refractivity contribution in [3.8, 4) is 0 Å². The molecule has 4 heteroatoms. The van der Waals surface area contributed by atoms with Crippen LogP contribution in [0.5, 0.6) is 0 Å². The molecule has 2 rings (SSSR count). The molecule has 1 aliphatic rings. The second kappa shape index (κ2) is 5.82. The molecule has 0 radical (unpaired) electrons. The average molecular weight is 301 g/mol. The first kappa shape index (κ1) is 12.1. The van der Waals surface area contributed by atoms with E-state index in [1.807, 2.05) is 18.2 Å². The molecule has 1 heterocycles. The van der Waals surface area contributed by atoms with Crippen molar-refractivity contribution in [2.75, 3.05) is 23.3 Å². The molecule has 0 amide bonds. The van der Waals surface area contributed by atoms with Crippen molar-refractivity contribution in [3.63, 3.8) is 0 Å². The molecule has 1 fully saturated rings. The fourth-order valence-corrected chi connectivity index (χ4v) is 3.50. The minimum atomic E-state index is 0.747. The topological polar surface area (TPSA) is 38.0 Å². The summed E-state index contributed by atoms with van der Waals surface area (Å²) in [6, 6.07) is 6.00. The average Bonchev–Trinajstić information content (AvgIpc) is 2.29. The number of hydrogen-bond donors (Lipinski definition) is 2. The predicted molar refractivity (Wildman–Crippen MR) is 77.1 cm³/mol. The summed E-state index contributed by atoms with van der Waals surface area (Å²) >= 11 is 5.49. The Kier molecular flexibility index (Phi) is 4.41. The molecule has 1 aliphatic heterocycles. The second-order valence-electron chi connectivity index (χ2n) is 4.10. The van der Waals surface area contributed by atoms with Crippen LogP contribution in [0.2, 0.25) is 0 Å². The molecule has 0 bridgehead atoms. The molecule has 1 aromatic carbocycles. The molecule has 16 heavy (non-hydrogen) atoms. The standard InChI is InChI=1S/C12H17BrN2S/c13-9-4-5-12(11(14)7-9)15-8-10-3-1-2-6-16-10/h4-5,7,10,15H,1-3,6,8,14H2. The largest absolute Gasteiger partial charge is 0.397 e. The van der Waals surface area contributed by atoms with E-state index in [1.165, 1.54) is 25.0 Å². The third kappa shape index (κ3) is 3.32. The molecule has 1 atom stereocenters. The molecular formula is C12H17BrN2S. The van der Waals surface area contributed by atoms with E-state index in [0.29, 0.717) is 0 Å².